The Morgan fingerprint density at radius 2 is 1.70 bits per heavy atom. The summed E-state index contributed by atoms with van der Waals surface area (Å²) >= 11 is 0. The number of methoxy groups -OCH3 is 3. The van der Waals surface area contributed by atoms with Crippen molar-refractivity contribution in [3.63, 3.8) is 0 Å². The molecule has 128 valence electrons. The third-order valence-electron chi connectivity index (χ3n) is 3.98. The highest BCUT2D eigenvalue weighted by molar-refractivity contribution is 6.01. The van der Waals surface area contributed by atoms with E-state index in [1.807, 2.05) is 0 Å². The van der Waals surface area contributed by atoms with Crippen molar-refractivity contribution in [3.05, 3.63) is 17.7 Å². The molecule has 1 aliphatic heterocycles. The van der Waals surface area contributed by atoms with Gasteiger partial charge in [0.25, 0.3) is 0 Å². The third kappa shape index (κ3) is 4.59. The van der Waals surface area contributed by atoms with E-state index in [-0.39, 0.29) is 5.78 Å². The maximum absolute atomic E-state index is 12.6. The minimum absolute atomic E-state index is 0.0228. The first-order valence-corrected chi connectivity index (χ1v) is 7.83. The molecule has 0 aliphatic carbocycles. The first-order valence-electron chi connectivity index (χ1n) is 7.83. The Balaban J connectivity index is 2.02. The van der Waals surface area contributed by atoms with Gasteiger partial charge in [-0.1, -0.05) is 0 Å². The van der Waals surface area contributed by atoms with Crippen LogP contribution in [0.5, 0.6) is 17.2 Å². The lowest BCUT2D eigenvalue weighted by Crippen LogP contribution is -2.36. The molecule has 1 saturated heterocycles. The number of rotatable bonds is 8. The highest BCUT2D eigenvalue weighted by Crippen LogP contribution is 2.35. The van der Waals surface area contributed by atoms with E-state index in [9.17, 15) is 4.79 Å². The number of hydrogen-bond acceptors (Lipinski definition) is 6. The second-order valence-electron chi connectivity index (χ2n) is 5.39. The molecule has 0 saturated carbocycles. The van der Waals surface area contributed by atoms with Gasteiger partial charge in [0.05, 0.1) is 34.5 Å². The Kier molecular flexibility index (Phi) is 6.67. The number of hydrogen-bond donors (Lipinski definition) is 0. The molecule has 6 nitrogen and oxygen atoms in total. The zero-order valence-corrected chi connectivity index (χ0v) is 14.1. The highest BCUT2D eigenvalue weighted by atomic mass is 16.5. The third-order valence-corrected chi connectivity index (χ3v) is 3.98. The molecular formula is C17H25NO5. The monoisotopic (exact) mass is 323 g/mol. The summed E-state index contributed by atoms with van der Waals surface area (Å²) in [5, 5.41) is 0. The van der Waals surface area contributed by atoms with E-state index in [1.165, 1.54) is 0 Å². The molecule has 2 rings (SSSR count). The fourth-order valence-corrected chi connectivity index (χ4v) is 2.69. The maximum atomic E-state index is 12.6. The number of benzene rings is 1. The molecule has 1 heterocycles. The largest absolute Gasteiger partial charge is 0.496 e. The van der Waals surface area contributed by atoms with Crippen molar-refractivity contribution in [2.45, 2.75) is 12.8 Å². The van der Waals surface area contributed by atoms with Crippen LogP contribution in [0.1, 0.15) is 23.2 Å². The van der Waals surface area contributed by atoms with Gasteiger partial charge in [-0.2, -0.15) is 0 Å². The topological polar surface area (TPSA) is 57.2 Å². The van der Waals surface area contributed by atoms with Crippen molar-refractivity contribution < 1.29 is 23.7 Å². The van der Waals surface area contributed by atoms with Gasteiger partial charge < -0.3 is 18.9 Å². The van der Waals surface area contributed by atoms with Gasteiger partial charge in [0, 0.05) is 31.6 Å². The molecule has 0 N–H and O–H groups in total. The summed E-state index contributed by atoms with van der Waals surface area (Å²) in [5.74, 6) is 1.59. The molecule has 0 atom stereocenters. The Hall–Kier alpha value is -1.79. The van der Waals surface area contributed by atoms with Gasteiger partial charge in [0.15, 0.2) is 5.78 Å². The van der Waals surface area contributed by atoms with Gasteiger partial charge in [-0.05, 0) is 13.0 Å². The van der Waals surface area contributed by atoms with Crippen molar-refractivity contribution >= 4 is 5.78 Å². The minimum Gasteiger partial charge on any atom is -0.496 e. The van der Waals surface area contributed by atoms with Crippen LogP contribution in [0.2, 0.25) is 0 Å². The highest BCUT2D eigenvalue weighted by Gasteiger charge is 2.20. The SMILES string of the molecule is COc1cc(OC)c(C(=O)CCCN2CCOCC2)c(OC)c1. The van der Waals surface area contributed by atoms with Crippen molar-refractivity contribution in [1.29, 1.82) is 0 Å². The summed E-state index contributed by atoms with van der Waals surface area (Å²) in [6.07, 6.45) is 1.26. The molecule has 6 heteroatoms. The molecule has 0 aromatic heterocycles. The molecule has 0 unspecified atom stereocenters. The molecule has 1 fully saturated rings. The summed E-state index contributed by atoms with van der Waals surface area (Å²) < 4.78 is 21.2. The van der Waals surface area contributed by atoms with Crippen LogP contribution in [0.3, 0.4) is 0 Å². The summed E-state index contributed by atoms with van der Waals surface area (Å²) in [6.45, 7) is 4.31. The number of ether oxygens (including phenoxy) is 4. The van der Waals surface area contributed by atoms with Crippen LogP contribution in [0.4, 0.5) is 0 Å². The van der Waals surface area contributed by atoms with Gasteiger partial charge in [-0.15, -0.1) is 0 Å². The summed E-state index contributed by atoms with van der Waals surface area (Å²) in [4.78, 5) is 14.9. The lowest BCUT2D eigenvalue weighted by molar-refractivity contribution is 0.0371. The van der Waals surface area contributed by atoms with Crippen LogP contribution in [-0.2, 0) is 4.74 Å². The average Bonchev–Trinajstić information content (AvgIpc) is 2.61. The molecule has 0 spiro atoms. The smallest absolute Gasteiger partial charge is 0.170 e. The second-order valence-corrected chi connectivity index (χ2v) is 5.39. The number of ketones is 1. The number of nitrogens with zero attached hydrogens (tertiary/aromatic N) is 1. The molecule has 0 bridgehead atoms. The Morgan fingerprint density at radius 1 is 1.09 bits per heavy atom. The van der Waals surface area contributed by atoms with Crippen LogP contribution >= 0.6 is 0 Å². The summed E-state index contributed by atoms with van der Waals surface area (Å²) in [7, 11) is 4.65. The van der Waals surface area contributed by atoms with E-state index in [0.717, 1.165) is 39.3 Å². The molecule has 1 aromatic rings. The molecule has 0 radical (unpaired) electrons. The Morgan fingerprint density at radius 3 is 2.22 bits per heavy atom. The molecular weight excluding hydrogens is 298 g/mol. The van der Waals surface area contributed by atoms with Crippen molar-refractivity contribution in [2.24, 2.45) is 0 Å². The Labute approximate surface area is 137 Å². The van der Waals surface area contributed by atoms with Crippen molar-refractivity contribution in [1.82, 2.24) is 4.90 Å². The van der Waals surface area contributed by atoms with Crippen LogP contribution in [0, 0.1) is 0 Å². The zero-order valence-electron chi connectivity index (χ0n) is 14.1. The first kappa shape index (κ1) is 17.6. The fraction of sp³-hybridized carbons (Fsp3) is 0.588. The van der Waals surface area contributed by atoms with Gasteiger partial charge in [-0.25, -0.2) is 0 Å². The predicted octanol–water partition coefficient (Wildman–Crippen LogP) is 2.01. The van der Waals surface area contributed by atoms with Gasteiger partial charge >= 0.3 is 0 Å². The summed E-state index contributed by atoms with van der Waals surface area (Å²) in [6, 6.07) is 3.41. The Bertz CT molecular complexity index is 501. The first-order chi connectivity index (χ1) is 11.2. The molecule has 1 aromatic carbocycles. The van der Waals surface area contributed by atoms with E-state index in [0.29, 0.717) is 29.2 Å². The van der Waals surface area contributed by atoms with Crippen molar-refractivity contribution in [2.75, 3.05) is 54.2 Å². The number of morpholine rings is 1. The van der Waals surface area contributed by atoms with E-state index in [4.69, 9.17) is 18.9 Å². The van der Waals surface area contributed by atoms with Gasteiger partial charge in [-0.3, -0.25) is 9.69 Å². The normalized spacial score (nSPS) is 15.3. The lowest BCUT2D eigenvalue weighted by atomic mass is 10.0. The van der Waals surface area contributed by atoms with E-state index in [1.54, 1.807) is 33.5 Å². The quantitative estimate of drug-likeness (QED) is 0.682. The lowest BCUT2D eigenvalue weighted by Gasteiger charge is -2.26. The average molecular weight is 323 g/mol. The number of carbonyl (C=O) groups excluding carboxylic acids is 1. The maximum Gasteiger partial charge on any atom is 0.170 e. The molecule has 23 heavy (non-hydrogen) atoms. The van der Waals surface area contributed by atoms with Crippen LogP contribution < -0.4 is 14.2 Å². The van der Waals surface area contributed by atoms with Crippen LogP contribution in [0.25, 0.3) is 0 Å². The van der Waals surface area contributed by atoms with Gasteiger partial charge in [0.1, 0.15) is 22.8 Å². The second kappa shape index (κ2) is 8.74. The van der Waals surface area contributed by atoms with Crippen molar-refractivity contribution in [3.8, 4) is 17.2 Å². The molecule has 0 amide bonds. The summed E-state index contributed by atoms with van der Waals surface area (Å²) in [5.41, 5.74) is 0.484. The van der Waals surface area contributed by atoms with Crippen LogP contribution in [0.15, 0.2) is 12.1 Å². The minimum atomic E-state index is 0.0228. The van der Waals surface area contributed by atoms with E-state index >= 15 is 0 Å². The number of Topliss-reactive ketones (excluding diaryl/α,β-unsaturated/α-hetero) is 1. The zero-order chi connectivity index (χ0) is 16.7. The van der Waals surface area contributed by atoms with Crippen LogP contribution in [-0.4, -0.2) is 64.9 Å². The standard InChI is InChI=1S/C17H25NO5/c1-20-13-11-15(21-2)17(16(12-13)22-3)14(19)5-4-6-18-7-9-23-10-8-18/h11-12H,4-10H2,1-3H3. The fourth-order valence-electron chi connectivity index (χ4n) is 2.69. The van der Waals surface area contributed by atoms with E-state index < -0.39 is 0 Å². The number of carbonyl (C=O) groups is 1. The van der Waals surface area contributed by atoms with Gasteiger partial charge in [0.2, 0.25) is 0 Å². The predicted molar refractivity (Wildman–Crippen MR) is 86.9 cm³/mol. The van der Waals surface area contributed by atoms with E-state index in [2.05, 4.69) is 4.90 Å². The molecule has 1 aliphatic rings.